The molecule has 0 amide bonds. The zero-order valence-electron chi connectivity index (χ0n) is 6.84. The van der Waals surface area contributed by atoms with E-state index in [4.69, 9.17) is 15.2 Å². The van der Waals surface area contributed by atoms with E-state index in [-0.39, 0.29) is 5.56 Å². The third kappa shape index (κ3) is 3.80. The van der Waals surface area contributed by atoms with Crippen molar-refractivity contribution in [3.63, 3.8) is 0 Å². The van der Waals surface area contributed by atoms with Crippen LogP contribution in [0.1, 0.15) is 16.1 Å². The molecular weight excluding hydrogens is 176 g/mol. The number of aromatic carboxylic acids is 1. The largest absolute Gasteiger partial charge is 0.478 e. The maximum absolute atomic E-state index is 10.4. The maximum atomic E-state index is 10.4. The molecule has 1 aromatic heterocycles. The molecule has 0 aliphatic rings. The summed E-state index contributed by atoms with van der Waals surface area (Å²) in [7, 11) is 0. The molecule has 0 unspecified atom stereocenters. The third-order valence-electron chi connectivity index (χ3n) is 1.24. The molecular formula is C7H8N2O4. The Morgan fingerprint density at radius 3 is 2.46 bits per heavy atom. The van der Waals surface area contributed by atoms with Crippen molar-refractivity contribution < 1.29 is 15.1 Å². The van der Waals surface area contributed by atoms with Gasteiger partial charge in [-0.15, -0.1) is 4.91 Å². The molecule has 0 aliphatic carbocycles. The zero-order valence-corrected chi connectivity index (χ0v) is 6.84. The monoisotopic (exact) mass is 184 g/mol. The summed E-state index contributed by atoms with van der Waals surface area (Å²) in [6, 6.07) is 3.14. The number of aromatic nitrogens is 1. The summed E-state index contributed by atoms with van der Waals surface area (Å²) < 4.78 is 0. The Hall–Kier alpha value is -1.98. The van der Waals surface area contributed by atoms with Crippen LogP contribution in [0.3, 0.4) is 0 Å². The molecule has 1 aromatic rings. The lowest BCUT2D eigenvalue weighted by atomic mass is 10.2. The molecule has 0 bridgehead atoms. The molecule has 6 heteroatoms. The van der Waals surface area contributed by atoms with E-state index in [2.05, 4.69) is 4.98 Å². The zero-order chi connectivity index (χ0) is 10.3. The van der Waals surface area contributed by atoms with Crippen LogP contribution in [0.2, 0.25) is 0 Å². The molecule has 0 aromatic carbocycles. The van der Waals surface area contributed by atoms with E-state index in [0.29, 0.717) is 5.69 Å². The van der Waals surface area contributed by atoms with Crippen molar-refractivity contribution in [2.75, 3.05) is 0 Å². The quantitative estimate of drug-likeness (QED) is 0.505. The van der Waals surface area contributed by atoms with E-state index in [1.54, 1.807) is 19.2 Å². The summed E-state index contributed by atoms with van der Waals surface area (Å²) in [5.41, 5.74) is 0.817. The second kappa shape index (κ2) is 5.64. The van der Waals surface area contributed by atoms with E-state index >= 15 is 0 Å². The Labute approximate surface area is 73.8 Å². The van der Waals surface area contributed by atoms with Gasteiger partial charge in [0.1, 0.15) is 0 Å². The summed E-state index contributed by atoms with van der Waals surface area (Å²) >= 11 is 0. The van der Waals surface area contributed by atoms with Crippen molar-refractivity contribution in [3.05, 3.63) is 34.5 Å². The highest BCUT2D eigenvalue weighted by Gasteiger charge is 2.04. The highest BCUT2D eigenvalue weighted by atomic mass is 16.6. The fourth-order valence-corrected chi connectivity index (χ4v) is 0.710. The fourth-order valence-electron chi connectivity index (χ4n) is 0.710. The van der Waals surface area contributed by atoms with Gasteiger partial charge >= 0.3 is 5.97 Å². The van der Waals surface area contributed by atoms with Crippen LogP contribution >= 0.6 is 0 Å². The van der Waals surface area contributed by atoms with E-state index in [1.807, 2.05) is 0 Å². The van der Waals surface area contributed by atoms with Gasteiger partial charge in [-0.25, -0.2) is 4.79 Å². The standard InChI is InChI=1S/C7H7NO2.HNO2/c1-5-6(7(9)10)3-2-4-8-5;2-1-3/h2-4H,1H3,(H,9,10);(H,2,3). The Bertz CT molecular complexity index is 300. The molecule has 0 fully saturated rings. The van der Waals surface area contributed by atoms with Crippen LogP contribution in [0.25, 0.3) is 0 Å². The van der Waals surface area contributed by atoms with Crippen LogP contribution in [0.4, 0.5) is 0 Å². The predicted octanol–water partition coefficient (Wildman–Crippen LogP) is 1.23. The minimum Gasteiger partial charge on any atom is -0.478 e. The number of rotatable bonds is 1. The van der Waals surface area contributed by atoms with Gasteiger partial charge in [0.15, 0.2) is 5.34 Å². The Morgan fingerprint density at radius 1 is 1.62 bits per heavy atom. The molecule has 0 aliphatic heterocycles. The van der Waals surface area contributed by atoms with Gasteiger partial charge in [0.05, 0.1) is 11.3 Å². The molecule has 6 nitrogen and oxygen atoms in total. The molecule has 13 heavy (non-hydrogen) atoms. The normalized spacial score (nSPS) is 8.08. The van der Waals surface area contributed by atoms with Gasteiger partial charge in [0, 0.05) is 6.20 Å². The lowest BCUT2D eigenvalue weighted by Gasteiger charge is -1.95. The fraction of sp³-hybridized carbons (Fsp3) is 0.143. The average molecular weight is 184 g/mol. The molecule has 70 valence electrons. The summed E-state index contributed by atoms with van der Waals surface area (Å²) in [5.74, 6) is -0.925. The number of carboxylic acid groups (broad SMARTS) is 1. The summed E-state index contributed by atoms with van der Waals surface area (Å²) in [6.07, 6.45) is 1.57. The van der Waals surface area contributed by atoms with E-state index in [9.17, 15) is 4.79 Å². The lowest BCUT2D eigenvalue weighted by Crippen LogP contribution is -2.00. The Kier molecular flexibility index (Phi) is 4.78. The van der Waals surface area contributed by atoms with Gasteiger partial charge in [-0.3, -0.25) is 4.98 Å². The van der Waals surface area contributed by atoms with E-state index in [0.717, 1.165) is 0 Å². The SMILES string of the molecule is Cc1ncccc1C(=O)O.O=NO. The maximum Gasteiger partial charge on any atom is 0.337 e. The first kappa shape index (κ1) is 11.0. The van der Waals surface area contributed by atoms with Crippen molar-refractivity contribution >= 4 is 5.97 Å². The topological polar surface area (TPSA) is 99.8 Å². The first-order valence-electron chi connectivity index (χ1n) is 3.25. The van der Waals surface area contributed by atoms with Gasteiger partial charge in [-0.1, -0.05) is 0 Å². The highest BCUT2D eigenvalue weighted by molar-refractivity contribution is 5.88. The minimum absolute atomic E-state index is 0.266. The van der Waals surface area contributed by atoms with Crippen molar-refractivity contribution in [3.8, 4) is 0 Å². The number of hydrogen-bond acceptors (Lipinski definition) is 4. The van der Waals surface area contributed by atoms with Crippen molar-refractivity contribution in [1.82, 2.24) is 4.98 Å². The summed E-state index contributed by atoms with van der Waals surface area (Å²) in [4.78, 5) is 22.3. The third-order valence-corrected chi connectivity index (χ3v) is 1.24. The van der Waals surface area contributed by atoms with Gasteiger partial charge in [0.25, 0.3) is 0 Å². The van der Waals surface area contributed by atoms with Gasteiger partial charge in [-0.2, -0.15) is 0 Å². The van der Waals surface area contributed by atoms with Gasteiger partial charge in [0.2, 0.25) is 0 Å². The van der Waals surface area contributed by atoms with Gasteiger partial charge in [-0.05, 0) is 19.1 Å². The van der Waals surface area contributed by atoms with Crippen LogP contribution in [0.5, 0.6) is 0 Å². The number of hydrogen-bond donors (Lipinski definition) is 2. The number of aryl methyl sites for hydroxylation is 1. The number of carbonyl (C=O) groups is 1. The van der Waals surface area contributed by atoms with E-state index in [1.165, 1.54) is 11.4 Å². The molecule has 1 heterocycles. The second-order valence-corrected chi connectivity index (χ2v) is 2.02. The summed E-state index contributed by atoms with van der Waals surface area (Å²) in [6.45, 7) is 1.67. The van der Waals surface area contributed by atoms with Crippen LogP contribution in [-0.4, -0.2) is 21.3 Å². The molecule has 0 atom stereocenters. The number of carboxylic acids is 1. The molecule has 0 radical (unpaired) electrons. The molecule has 0 saturated carbocycles. The average Bonchev–Trinajstić information content (AvgIpc) is 2.06. The smallest absolute Gasteiger partial charge is 0.337 e. The molecule has 0 saturated heterocycles. The molecule has 1 rings (SSSR count). The predicted molar refractivity (Wildman–Crippen MR) is 43.5 cm³/mol. The van der Waals surface area contributed by atoms with Crippen molar-refractivity contribution in [2.45, 2.75) is 6.92 Å². The first-order valence-corrected chi connectivity index (χ1v) is 3.25. The van der Waals surface area contributed by atoms with Crippen LogP contribution in [0, 0.1) is 11.8 Å². The minimum atomic E-state index is -0.925. The molecule has 0 spiro atoms. The molecule has 2 N–H and O–H groups in total. The summed E-state index contributed by atoms with van der Waals surface area (Å²) in [5, 5.41) is 16.4. The second-order valence-electron chi connectivity index (χ2n) is 2.02. The van der Waals surface area contributed by atoms with E-state index < -0.39 is 5.97 Å². The number of nitrogens with zero attached hydrogens (tertiary/aromatic N) is 2. The van der Waals surface area contributed by atoms with Crippen LogP contribution in [0.15, 0.2) is 23.7 Å². The highest BCUT2D eigenvalue weighted by Crippen LogP contribution is 2.01. The Morgan fingerprint density at radius 2 is 2.15 bits per heavy atom. The lowest BCUT2D eigenvalue weighted by molar-refractivity contribution is 0.0695. The van der Waals surface area contributed by atoms with Crippen molar-refractivity contribution in [1.29, 1.82) is 0 Å². The van der Waals surface area contributed by atoms with Crippen LogP contribution < -0.4 is 0 Å². The first-order chi connectivity index (χ1) is 6.13. The van der Waals surface area contributed by atoms with Gasteiger partial charge < -0.3 is 10.3 Å². The Balaban J connectivity index is 0.000000424. The van der Waals surface area contributed by atoms with Crippen LogP contribution in [-0.2, 0) is 0 Å². The van der Waals surface area contributed by atoms with Crippen molar-refractivity contribution in [2.24, 2.45) is 5.34 Å². The number of pyridine rings is 1.